The molecule has 24 heavy (non-hydrogen) atoms. The summed E-state index contributed by atoms with van der Waals surface area (Å²) >= 11 is 0. The molecule has 1 aliphatic heterocycles. The van der Waals surface area contributed by atoms with Crippen molar-refractivity contribution >= 4 is 5.91 Å². The molecule has 2 aromatic rings. The molecule has 1 fully saturated rings. The largest absolute Gasteiger partial charge is 0.467 e. The number of benzene rings is 1. The number of aromatic nitrogens is 1. The minimum absolute atomic E-state index is 0.135. The molecule has 1 aromatic carbocycles. The van der Waals surface area contributed by atoms with Crippen LogP contribution < -0.4 is 4.74 Å². The lowest BCUT2D eigenvalue weighted by molar-refractivity contribution is 0.0713. The number of carbonyl (C=O) groups is 1. The van der Waals surface area contributed by atoms with E-state index in [0.29, 0.717) is 12.5 Å². The Hall–Kier alpha value is -2.34. The fourth-order valence-corrected chi connectivity index (χ4v) is 2.76. The SMILES string of the molecule is COc1oc(COCc2ccccc2)nc1C(=O)N1CCCCC1. The molecule has 6 heteroatoms. The van der Waals surface area contributed by atoms with E-state index in [-0.39, 0.29) is 24.2 Å². The molecule has 1 saturated heterocycles. The zero-order valence-corrected chi connectivity index (χ0v) is 13.9. The van der Waals surface area contributed by atoms with Gasteiger partial charge in [0, 0.05) is 13.1 Å². The van der Waals surface area contributed by atoms with Gasteiger partial charge in [-0.3, -0.25) is 4.79 Å². The van der Waals surface area contributed by atoms with Crippen molar-refractivity contribution in [3.8, 4) is 5.95 Å². The predicted octanol–water partition coefficient (Wildman–Crippen LogP) is 3.03. The van der Waals surface area contributed by atoms with E-state index in [1.807, 2.05) is 30.3 Å². The Kier molecular flexibility index (Phi) is 5.48. The zero-order chi connectivity index (χ0) is 16.8. The molecule has 0 aliphatic carbocycles. The van der Waals surface area contributed by atoms with E-state index in [1.165, 1.54) is 7.11 Å². The lowest BCUT2D eigenvalue weighted by Gasteiger charge is -2.25. The maximum absolute atomic E-state index is 12.6. The number of hydrogen-bond donors (Lipinski definition) is 0. The molecule has 0 saturated carbocycles. The van der Waals surface area contributed by atoms with Crippen molar-refractivity contribution in [1.29, 1.82) is 0 Å². The van der Waals surface area contributed by atoms with Crippen molar-refractivity contribution in [1.82, 2.24) is 9.88 Å². The van der Waals surface area contributed by atoms with Gasteiger partial charge in [-0.1, -0.05) is 30.3 Å². The molecule has 6 nitrogen and oxygen atoms in total. The molecular formula is C18H22N2O4. The normalized spacial score (nSPS) is 14.6. The molecule has 0 unspecified atom stereocenters. The van der Waals surface area contributed by atoms with E-state index in [0.717, 1.165) is 37.9 Å². The van der Waals surface area contributed by atoms with Crippen molar-refractivity contribution in [3.63, 3.8) is 0 Å². The molecule has 1 aromatic heterocycles. The molecule has 128 valence electrons. The summed E-state index contributed by atoms with van der Waals surface area (Å²) in [6, 6.07) is 9.86. The molecular weight excluding hydrogens is 308 g/mol. The highest BCUT2D eigenvalue weighted by molar-refractivity contribution is 5.94. The fraction of sp³-hybridized carbons (Fsp3) is 0.444. The van der Waals surface area contributed by atoms with Gasteiger partial charge < -0.3 is 18.8 Å². The molecule has 0 spiro atoms. The summed E-state index contributed by atoms with van der Waals surface area (Å²) in [6.07, 6.45) is 3.22. The van der Waals surface area contributed by atoms with Gasteiger partial charge in [-0.25, -0.2) is 4.98 Å². The molecule has 1 amide bonds. The maximum Gasteiger partial charge on any atom is 0.318 e. The lowest BCUT2D eigenvalue weighted by Crippen LogP contribution is -2.36. The van der Waals surface area contributed by atoms with Crippen LogP contribution in [-0.2, 0) is 18.0 Å². The number of nitrogens with zero attached hydrogens (tertiary/aromatic N) is 2. The Morgan fingerprint density at radius 1 is 1.17 bits per heavy atom. The first kappa shape index (κ1) is 16.5. The highest BCUT2D eigenvalue weighted by Gasteiger charge is 2.26. The van der Waals surface area contributed by atoms with Crippen LogP contribution in [0.4, 0.5) is 0 Å². The Labute approximate surface area is 141 Å². The van der Waals surface area contributed by atoms with E-state index in [2.05, 4.69) is 4.98 Å². The highest BCUT2D eigenvalue weighted by Crippen LogP contribution is 2.23. The van der Waals surface area contributed by atoms with Crippen LogP contribution in [0.3, 0.4) is 0 Å². The van der Waals surface area contributed by atoms with Crippen molar-refractivity contribution in [3.05, 3.63) is 47.5 Å². The number of rotatable bonds is 6. The number of carbonyl (C=O) groups excluding carboxylic acids is 1. The van der Waals surface area contributed by atoms with Crippen LogP contribution in [0, 0.1) is 0 Å². The molecule has 0 N–H and O–H groups in total. The minimum Gasteiger partial charge on any atom is -0.467 e. The third kappa shape index (κ3) is 3.94. The van der Waals surface area contributed by atoms with Gasteiger partial charge >= 0.3 is 5.95 Å². The number of piperidine rings is 1. The lowest BCUT2D eigenvalue weighted by atomic mass is 10.1. The average Bonchev–Trinajstić information content (AvgIpc) is 3.06. The van der Waals surface area contributed by atoms with Gasteiger partial charge in [-0.2, -0.15) is 0 Å². The topological polar surface area (TPSA) is 64.8 Å². The molecule has 0 radical (unpaired) electrons. The zero-order valence-electron chi connectivity index (χ0n) is 13.9. The first-order chi connectivity index (χ1) is 11.8. The van der Waals surface area contributed by atoms with Gasteiger partial charge in [0.15, 0.2) is 0 Å². The Morgan fingerprint density at radius 2 is 1.92 bits per heavy atom. The van der Waals surface area contributed by atoms with Crippen LogP contribution in [0.5, 0.6) is 5.95 Å². The fourth-order valence-electron chi connectivity index (χ4n) is 2.76. The van der Waals surface area contributed by atoms with Gasteiger partial charge in [0.25, 0.3) is 5.91 Å². The second-order valence-corrected chi connectivity index (χ2v) is 5.78. The van der Waals surface area contributed by atoms with Crippen molar-refractivity contribution in [2.75, 3.05) is 20.2 Å². The number of ether oxygens (including phenoxy) is 2. The second kappa shape index (κ2) is 7.97. The second-order valence-electron chi connectivity index (χ2n) is 5.78. The van der Waals surface area contributed by atoms with Crippen LogP contribution in [0.1, 0.15) is 41.2 Å². The standard InChI is InChI=1S/C18H22N2O4/c1-22-18-16(17(21)20-10-6-3-7-11-20)19-15(24-18)13-23-12-14-8-4-2-5-9-14/h2,4-5,8-9H,3,6-7,10-13H2,1H3. The van der Waals surface area contributed by atoms with Crippen LogP contribution in [0.25, 0.3) is 0 Å². The summed E-state index contributed by atoms with van der Waals surface area (Å²) in [6.45, 7) is 2.17. The molecule has 0 atom stereocenters. The monoisotopic (exact) mass is 330 g/mol. The Balaban J connectivity index is 1.62. The summed E-state index contributed by atoms with van der Waals surface area (Å²) in [5.41, 5.74) is 1.30. The summed E-state index contributed by atoms with van der Waals surface area (Å²) in [5, 5.41) is 0. The average molecular weight is 330 g/mol. The first-order valence-electron chi connectivity index (χ1n) is 8.22. The van der Waals surface area contributed by atoms with Gasteiger partial charge in [-0.15, -0.1) is 0 Å². The predicted molar refractivity (Wildman–Crippen MR) is 87.7 cm³/mol. The van der Waals surface area contributed by atoms with Crippen molar-refractivity contribution < 1.29 is 18.7 Å². The molecule has 0 bridgehead atoms. The van der Waals surface area contributed by atoms with Gasteiger partial charge in [0.1, 0.15) is 6.61 Å². The number of hydrogen-bond acceptors (Lipinski definition) is 5. The van der Waals surface area contributed by atoms with E-state index in [1.54, 1.807) is 4.90 Å². The van der Waals surface area contributed by atoms with Crippen molar-refractivity contribution in [2.45, 2.75) is 32.5 Å². The van der Waals surface area contributed by atoms with Crippen LogP contribution in [0.15, 0.2) is 34.7 Å². The van der Waals surface area contributed by atoms with E-state index in [9.17, 15) is 4.79 Å². The molecule has 2 heterocycles. The van der Waals surface area contributed by atoms with Crippen LogP contribution >= 0.6 is 0 Å². The third-order valence-electron chi connectivity index (χ3n) is 4.01. The van der Waals surface area contributed by atoms with E-state index < -0.39 is 0 Å². The van der Waals surface area contributed by atoms with E-state index in [4.69, 9.17) is 13.9 Å². The summed E-state index contributed by atoms with van der Waals surface area (Å²) in [5.74, 6) is 0.372. The summed E-state index contributed by atoms with van der Waals surface area (Å²) in [4.78, 5) is 18.7. The third-order valence-corrected chi connectivity index (χ3v) is 4.01. The van der Waals surface area contributed by atoms with Gasteiger partial charge in [-0.05, 0) is 24.8 Å². The summed E-state index contributed by atoms with van der Waals surface area (Å²) < 4.78 is 16.3. The number of methoxy groups -OCH3 is 1. The molecule has 1 aliphatic rings. The van der Waals surface area contributed by atoms with Gasteiger partial charge in [0.2, 0.25) is 11.6 Å². The Bertz CT molecular complexity index is 663. The highest BCUT2D eigenvalue weighted by atomic mass is 16.6. The van der Waals surface area contributed by atoms with E-state index >= 15 is 0 Å². The van der Waals surface area contributed by atoms with Crippen LogP contribution in [0.2, 0.25) is 0 Å². The van der Waals surface area contributed by atoms with Crippen LogP contribution in [-0.4, -0.2) is 36.0 Å². The summed E-state index contributed by atoms with van der Waals surface area (Å²) in [7, 11) is 1.47. The molecule has 3 rings (SSSR count). The smallest absolute Gasteiger partial charge is 0.318 e. The number of oxazole rings is 1. The maximum atomic E-state index is 12.6. The van der Waals surface area contributed by atoms with Crippen molar-refractivity contribution in [2.24, 2.45) is 0 Å². The number of amides is 1. The number of likely N-dealkylation sites (tertiary alicyclic amines) is 1. The quantitative estimate of drug-likeness (QED) is 0.814. The first-order valence-corrected chi connectivity index (χ1v) is 8.22. The minimum atomic E-state index is -0.135. The Morgan fingerprint density at radius 3 is 2.62 bits per heavy atom. The van der Waals surface area contributed by atoms with Gasteiger partial charge in [0.05, 0.1) is 13.7 Å².